The van der Waals surface area contributed by atoms with Crippen molar-refractivity contribution in [3.05, 3.63) is 75.6 Å². The molecule has 2 aromatic rings. The molecule has 6 nitrogen and oxygen atoms in total. The largest absolute Gasteiger partial charge is 0.334 e. The molecule has 3 rings (SSSR count). The molecule has 0 atom stereocenters. The van der Waals surface area contributed by atoms with Gasteiger partial charge in [0.2, 0.25) is 5.91 Å². The summed E-state index contributed by atoms with van der Waals surface area (Å²) in [6.45, 7) is 1.01. The summed E-state index contributed by atoms with van der Waals surface area (Å²) in [5.41, 5.74) is 2.88. The molecule has 0 fully saturated rings. The van der Waals surface area contributed by atoms with E-state index in [-0.39, 0.29) is 11.6 Å². The molecular formula is C17H15N3O3. The minimum atomic E-state index is -0.412. The first kappa shape index (κ1) is 14.9. The van der Waals surface area contributed by atoms with Gasteiger partial charge in [0.25, 0.3) is 5.69 Å². The second-order valence-electron chi connectivity index (χ2n) is 5.33. The van der Waals surface area contributed by atoms with Crippen molar-refractivity contribution in [2.24, 2.45) is 0 Å². The van der Waals surface area contributed by atoms with Gasteiger partial charge in [0.15, 0.2) is 0 Å². The molecule has 23 heavy (non-hydrogen) atoms. The number of benzene rings is 1. The fraction of sp³-hybridized carbons (Fsp3) is 0.176. The van der Waals surface area contributed by atoms with Crippen LogP contribution in [0.3, 0.4) is 0 Å². The predicted molar refractivity (Wildman–Crippen MR) is 85.5 cm³/mol. The van der Waals surface area contributed by atoms with Gasteiger partial charge in [-0.15, -0.1) is 0 Å². The smallest absolute Gasteiger partial charge is 0.269 e. The highest BCUT2D eigenvalue weighted by Crippen LogP contribution is 2.24. The number of carbonyl (C=O) groups is 1. The molecule has 1 aromatic carbocycles. The minimum absolute atomic E-state index is 0.0605. The Kier molecular flexibility index (Phi) is 4.14. The lowest BCUT2D eigenvalue weighted by atomic mass is 9.99. The van der Waals surface area contributed by atoms with E-state index in [1.165, 1.54) is 12.1 Å². The van der Waals surface area contributed by atoms with Crippen LogP contribution >= 0.6 is 0 Å². The number of fused-ring (bicyclic) bond motifs is 1. The summed E-state index contributed by atoms with van der Waals surface area (Å²) in [5.74, 6) is -0.0982. The van der Waals surface area contributed by atoms with Crippen LogP contribution in [-0.2, 0) is 17.8 Å². The summed E-state index contributed by atoms with van der Waals surface area (Å²) < 4.78 is 0. The second-order valence-corrected chi connectivity index (χ2v) is 5.33. The van der Waals surface area contributed by atoms with Crippen LogP contribution in [-0.4, -0.2) is 27.3 Å². The highest BCUT2D eigenvalue weighted by atomic mass is 16.6. The molecule has 1 amide bonds. The van der Waals surface area contributed by atoms with Crippen LogP contribution in [0.1, 0.15) is 16.7 Å². The van der Waals surface area contributed by atoms with Crippen LogP contribution in [0.2, 0.25) is 0 Å². The number of aromatic nitrogens is 1. The molecule has 1 aromatic heterocycles. The molecule has 0 saturated carbocycles. The summed E-state index contributed by atoms with van der Waals surface area (Å²) in [5, 5.41) is 10.9. The number of nitro benzene ring substituents is 1. The van der Waals surface area contributed by atoms with Crippen molar-refractivity contribution in [3.63, 3.8) is 0 Å². The van der Waals surface area contributed by atoms with Crippen molar-refractivity contribution < 1.29 is 9.72 Å². The Morgan fingerprint density at radius 1 is 1.22 bits per heavy atom. The third kappa shape index (κ3) is 3.42. The maximum Gasteiger partial charge on any atom is 0.269 e. The highest BCUT2D eigenvalue weighted by molar-refractivity contribution is 5.91. The average molecular weight is 309 g/mol. The van der Waals surface area contributed by atoms with Crippen molar-refractivity contribution in [1.82, 2.24) is 9.88 Å². The molecule has 2 heterocycles. The average Bonchev–Trinajstić information content (AvgIpc) is 2.59. The number of amides is 1. The zero-order valence-corrected chi connectivity index (χ0v) is 12.4. The Bertz CT molecular complexity index is 772. The van der Waals surface area contributed by atoms with Crippen molar-refractivity contribution in [3.8, 4) is 0 Å². The molecular weight excluding hydrogens is 294 g/mol. The first-order valence-corrected chi connectivity index (χ1v) is 7.27. The molecule has 0 radical (unpaired) electrons. The molecule has 1 aliphatic rings. The van der Waals surface area contributed by atoms with Crippen LogP contribution in [0.25, 0.3) is 6.08 Å². The fourth-order valence-corrected chi connectivity index (χ4v) is 2.59. The lowest BCUT2D eigenvalue weighted by Gasteiger charge is -2.27. The van der Waals surface area contributed by atoms with Crippen LogP contribution in [0.15, 0.2) is 48.8 Å². The highest BCUT2D eigenvalue weighted by Gasteiger charge is 2.21. The van der Waals surface area contributed by atoms with Gasteiger partial charge in [0.1, 0.15) is 0 Å². The van der Waals surface area contributed by atoms with Gasteiger partial charge in [-0.3, -0.25) is 19.9 Å². The quantitative estimate of drug-likeness (QED) is 0.496. The van der Waals surface area contributed by atoms with E-state index < -0.39 is 4.92 Å². The zero-order valence-electron chi connectivity index (χ0n) is 12.4. The minimum Gasteiger partial charge on any atom is -0.334 e. The van der Waals surface area contributed by atoms with Crippen molar-refractivity contribution in [1.29, 1.82) is 0 Å². The lowest BCUT2D eigenvalue weighted by molar-refractivity contribution is -0.385. The van der Waals surface area contributed by atoms with Crippen molar-refractivity contribution >= 4 is 17.7 Å². The zero-order chi connectivity index (χ0) is 16.2. The number of non-ortho nitro benzene ring substituents is 1. The Labute approximate surface area is 133 Å². The third-order valence-electron chi connectivity index (χ3n) is 3.85. The van der Waals surface area contributed by atoms with E-state index in [1.807, 2.05) is 12.1 Å². The second kappa shape index (κ2) is 6.39. The van der Waals surface area contributed by atoms with Crippen molar-refractivity contribution in [2.75, 3.05) is 6.54 Å². The maximum atomic E-state index is 12.3. The van der Waals surface area contributed by atoms with Gasteiger partial charge in [0, 0.05) is 43.7 Å². The lowest BCUT2D eigenvalue weighted by Crippen LogP contribution is -2.34. The SMILES string of the molecule is O=C(/C=C/c1ccncc1)N1CCc2ccc([N+](=O)[O-])cc2C1. The van der Waals surface area contributed by atoms with Gasteiger partial charge in [-0.05, 0) is 41.3 Å². The molecule has 0 spiro atoms. The monoisotopic (exact) mass is 309 g/mol. The molecule has 1 aliphatic heterocycles. The molecule has 116 valence electrons. The van der Waals surface area contributed by atoms with Gasteiger partial charge in [-0.25, -0.2) is 0 Å². The molecule has 0 N–H and O–H groups in total. The van der Waals surface area contributed by atoms with Crippen LogP contribution < -0.4 is 0 Å². The number of rotatable bonds is 3. The molecule has 0 saturated heterocycles. The Morgan fingerprint density at radius 3 is 2.74 bits per heavy atom. The predicted octanol–water partition coefficient (Wildman–Crippen LogP) is 2.59. The van der Waals surface area contributed by atoms with Gasteiger partial charge in [0.05, 0.1) is 4.92 Å². The summed E-state index contributed by atoms with van der Waals surface area (Å²) in [7, 11) is 0. The van der Waals surface area contributed by atoms with E-state index in [9.17, 15) is 14.9 Å². The fourth-order valence-electron chi connectivity index (χ4n) is 2.59. The number of nitrogens with zero attached hydrogens (tertiary/aromatic N) is 3. The van der Waals surface area contributed by atoms with Crippen molar-refractivity contribution in [2.45, 2.75) is 13.0 Å². The Balaban J connectivity index is 1.73. The van der Waals surface area contributed by atoms with Gasteiger partial charge < -0.3 is 4.90 Å². The van der Waals surface area contributed by atoms with Gasteiger partial charge >= 0.3 is 0 Å². The summed E-state index contributed by atoms with van der Waals surface area (Å²) in [6.07, 6.45) is 7.31. The Hall–Kier alpha value is -3.02. The van der Waals surface area contributed by atoms with E-state index >= 15 is 0 Å². The number of carbonyl (C=O) groups excluding carboxylic acids is 1. The first-order valence-electron chi connectivity index (χ1n) is 7.27. The van der Waals surface area contributed by atoms with E-state index in [0.29, 0.717) is 19.5 Å². The number of hydrogen-bond acceptors (Lipinski definition) is 4. The molecule has 0 bridgehead atoms. The topological polar surface area (TPSA) is 76.3 Å². The third-order valence-corrected chi connectivity index (χ3v) is 3.85. The van der Waals surface area contributed by atoms with Crippen LogP contribution in [0, 0.1) is 10.1 Å². The standard InChI is InChI=1S/C17H15N3O3/c21-17(4-1-13-5-8-18-9-6-13)19-10-7-14-2-3-16(20(22)23)11-15(14)12-19/h1-6,8-9,11H,7,10,12H2/b4-1+. The Morgan fingerprint density at radius 2 is 2.00 bits per heavy atom. The van der Waals surface area contributed by atoms with E-state index in [4.69, 9.17) is 0 Å². The van der Waals surface area contributed by atoms with Gasteiger partial charge in [-0.1, -0.05) is 6.07 Å². The normalized spacial score (nSPS) is 13.8. The maximum absolute atomic E-state index is 12.3. The molecule has 6 heteroatoms. The molecule has 0 unspecified atom stereocenters. The number of pyridine rings is 1. The van der Waals surface area contributed by atoms with E-state index in [0.717, 1.165) is 16.7 Å². The van der Waals surface area contributed by atoms with E-state index in [2.05, 4.69) is 4.98 Å². The first-order chi connectivity index (χ1) is 11.1. The number of nitro groups is 1. The number of hydrogen-bond donors (Lipinski definition) is 0. The summed E-state index contributed by atoms with van der Waals surface area (Å²) >= 11 is 0. The summed E-state index contributed by atoms with van der Waals surface area (Å²) in [4.78, 5) is 28.4. The van der Waals surface area contributed by atoms with Gasteiger partial charge in [-0.2, -0.15) is 0 Å². The summed E-state index contributed by atoms with van der Waals surface area (Å²) in [6, 6.07) is 8.49. The molecule has 0 aliphatic carbocycles. The van der Waals surface area contributed by atoms with Crippen LogP contribution in [0.5, 0.6) is 0 Å². The van der Waals surface area contributed by atoms with E-state index in [1.54, 1.807) is 35.5 Å². The van der Waals surface area contributed by atoms with Crippen LogP contribution in [0.4, 0.5) is 5.69 Å².